The maximum absolute atomic E-state index is 2.63. The van der Waals surface area contributed by atoms with Crippen molar-refractivity contribution in [2.75, 3.05) is 0 Å². The van der Waals surface area contributed by atoms with E-state index in [9.17, 15) is 0 Å². The molecule has 0 aliphatic heterocycles. The van der Waals surface area contributed by atoms with Crippen molar-refractivity contribution in [3.8, 4) is 0 Å². The van der Waals surface area contributed by atoms with Crippen LogP contribution in [-0.2, 0) is 25.8 Å². The van der Waals surface area contributed by atoms with E-state index in [1.807, 2.05) is 30.3 Å². The molecule has 5 aromatic rings. The first-order chi connectivity index (χ1) is 12.3. The van der Waals surface area contributed by atoms with Crippen LogP contribution in [0, 0.1) is 0 Å². The fourth-order valence-corrected chi connectivity index (χ4v) is 2.82. The molecule has 0 saturated carbocycles. The Kier molecular flexibility index (Phi) is 14.2. The summed E-state index contributed by atoms with van der Waals surface area (Å²) in [5.41, 5.74) is 0. The summed E-state index contributed by atoms with van der Waals surface area (Å²) in [5, 5.41) is 5.32. The molecule has 0 atom stereocenters. The van der Waals surface area contributed by atoms with Gasteiger partial charge in [-0.2, -0.15) is 35.0 Å². The van der Waals surface area contributed by atoms with Gasteiger partial charge >= 0.3 is 76.9 Å². The van der Waals surface area contributed by atoms with E-state index in [4.69, 9.17) is 0 Å². The summed E-state index contributed by atoms with van der Waals surface area (Å²) in [4.78, 5) is 0. The molecule has 28 heavy (non-hydrogen) atoms. The zero-order valence-corrected chi connectivity index (χ0v) is 21.6. The van der Waals surface area contributed by atoms with Gasteiger partial charge in [0.15, 0.2) is 0 Å². The predicted octanol–water partition coefficient (Wildman–Crippen LogP) is -0.397. The van der Waals surface area contributed by atoms with Crippen molar-refractivity contribution in [1.29, 1.82) is 0 Å². The van der Waals surface area contributed by atoms with Crippen molar-refractivity contribution in [3.05, 3.63) is 115 Å². The molecule has 5 aromatic carbocycles. The van der Waals surface area contributed by atoms with Gasteiger partial charge in [0.1, 0.15) is 0 Å². The molecule has 4 heteroatoms. The number of hydrogen-bond donors (Lipinski definition) is 0. The van der Waals surface area contributed by atoms with Gasteiger partial charge in [0.2, 0.25) is 0 Å². The molecule has 0 aromatic heterocycles. The van der Waals surface area contributed by atoms with Gasteiger partial charge in [-0.1, -0.05) is 12.1 Å². The average Bonchev–Trinajstić information content (AvgIpc) is 3.32. The molecule has 0 unspecified atom stereocenters. The summed E-state index contributed by atoms with van der Waals surface area (Å²) in [6.07, 6.45) is 0. The molecule has 0 amide bonds. The third-order valence-electron chi connectivity index (χ3n) is 3.89. The van der Waals surface area contributed by atoms with Crippen LogP contribution in [0.1, 0.15) is 0 Å². The summed E-state index contributed by atoms with van der Waals surface area (Å²) >= 11 is 2.63. The molecule has 5 rings (SSSR count). The number of halogens is 2. The minimum absolute atomic E-state index is 0. The van der Waals surface area contributed by atoms with Crippen LogP contribution in [0.3, 0.4) is 0 Å². The zero-order valence-electron chi connectivity index (χ0n) is 15.3. The Morgan fingerprint density at radius 3 is 1.25 bits per heavy atom. The monoisotopic (exact) mass is 584 g/mol. The van der Waals surface area contributed by atoms with Gasteiger partial charge in [0, 0.05) is 0 Å². The fourth-order valence-electron chi connectivity index (χ4n) is 2.59. The Morgan fingerprint density at radius 2 is 0.893 bits per heavy atom. The maximum atomic E-state index is 2.63. The van der Waals surface area contributed by atoms with Gasteiger partial charge in [-0.3, -0.25) is 0 Å². The van der Waals surface area contributed by atoms with Gasteiger partial charge < -0.3 is 24.8 Å². The molecule has 0 radical (unpaired) electrons. The smallest absolute Gasteiger partial charge is 1.00 e. The predicted molar refractivity (Wildman–Crippen MR) is 111 cm³/mol. The summed E-state index contributed by atoms with van der Waals surface area (Å²) in [6.45, 7) is 0. The molecule has 134 valence electrons. The van der Waals surface area contributed by atoms with Crippen molar-refractivity contribution in [3.63, 3.8) is 0 Å². The first-order valence-electron chi connectivity index (χ1n) is 8.34. The first kappa shape index (κ1) is 26.9. The van der Waals surface area contributed by atoms with E-state index < -0.39 is 0 Å². The molecule has 0 nitrogen and oxygen atoms in total. The standard InChI is InChI=1S/2C9H7.C6H5.Al.2ClH.Hf/c2*1-2-5-9-7-3-6-8(9)4-1;1-2-4-6-5-3-1;;;;/h2*1-7H;1-5H;;2*1H;/q2*-1;;+2;;;+4/p-2. The molecule has 0 fully saturated rings. The number of fused-ring (bicyclic) bond motifs is 2. The van der Waals surface area contributed by atoms with Crippen LogP contribution in [0.15, 0.2) is 115 Å². The van der Waals surface area contributed by atoms with E-state index in [2.05, 4.69) is 101 Å². The third kappa shape index (κ3) is 8.48. The molecule has 0 heterocycles. The Hall–Kier alpha value is -1.14. The van der Waals surface area contributed by atoms with Crippen molar-refractivity contribution >= 4 is 42.3 Å². The number of hydrogen-bond acceptors (Lipinski definition) is 0. The van der Waals surface area contributed by atoms with E-state index in [1.54, 1.807) is 0 Å². The summed E-state index contributed by atoms with van der Waals surface area (Å²) < 4.78 is 1.24. The topological polar surface area (TPSA) is 0 Å². The Bertz CT molecular complexity index is 896. The number of benzene rings is 3. The molecule has 0 aliphatic carbocycles. The van der Waals surface area contributed by atoms with Crippen molar-refractivity contribution < 1.29 is 50.7 Å². The largest absolute Gasteiger partial charge is 4.00 e. The Morgan fingerprint density at radius 1 is 0.500 bits per heavy atom. The Balaban J connectivity index is 0.000000374. The number of rotatable bonds is 0. The minimum atomic E-state index is 0. The van der Waals surface area contributed by atoms with Crippen molar-refractivity contribution in [2.24, 2.45) is 0 Å². The van der Waals surface area contributed by atoms with Gasteiger partial charge in [0.25, 0.3) is 0 Å². The molecule has 0 saturated heterocycles. The second kappa shape index (κ2) is 14.8. The van der Waals surface area contributed by atoms with Crippen LogP contribution in [0.4, 0.5) is 0 Å². The molecular formula is C24H19AlCl2Hf+2. The van der Waals surface area contributed by atoms with Gasteiger partial charge in [-0.05, 0) is 0 Å². The van der Waals surface area contributed by atoms with Gasteiger partial charge in [-0.25, -0.2) is 0 Å². The van der Waals surface area contributed by atoms with E-state index in [0.29, 0.717) is 0 Å². The van der Waals surface area contributed by atoms with Crippen LogP contribution in [0.5, 0.6) is 0 Å². The second-order valence-electron chi connectivity index (χ2n) is 5.72. The normalized spacial score (nSPS) is 8.79. The molecule has 0 spiro atoms. The van der Waals surface area contributed by atoms with E-state index in [-0.39, 0.29) is 50.7 Å². The molecular weight excluding hydrogens is 565 g/mol. The fraction of sp³-hybridized carbons (Fsp3) is 0. The summed E-state index contributed by atoms with van der Waals surface area (Å²) in [5.74, 6) is 0. The van der Waals surface area contributed by atoms with Crippen LogP contribution >= 0.6 is 0 Å². The van der Waals surface area contributed by atoms with E-state index >= 15 is 0 Å². The molecule has 0 N–H and O–H groups in total. The Labute approximate surface area is 206 Å². The van der Waals surface area contributed by atoms with Crippen molar-refractivity contribution in [1.82, 2.24) is 0 Å². The van der Waals surface area contributed by atoms with Crippen molar-refractivity contribution in [2.45, 2.75) is 0 Å². The molecule has 0 bridgehead atoms. The van der Waals surface area contributed by atoms with Crippen LogP contribution < -0.4 is 29.2 Å². The quantitative estimate of drug-likeness (QED) is 0.172. The SMILES string of the molecule is [Al+2][c]1ccccc1.[Cl-].[Cl-].[Hf+4].c1ccc2[cH-]ccc2c1.c1ccc2[cH-]ccc2c1. The average molecular weight is 584 g/mol. The summed E-state index contributed by atoms with van der Waals surface area (Å²) in [7, 11) is 0. The van der Waals surface area contributed by atoms with E-state index in [1.165, 1.54) is 26.0 Å². The zero-order chi connectivity index (χ0) is 17.3. The molecule has 0 aliphatic rings. The third-order valence-corrected chi connectivity index (χ3v) is 4.28. The second-order valence-corrected chi connectivity index (χ2v) is 6.39. The van der Waals surface area contributed by atoms with Gasteiger partial charge in [0.05, 0.1) is 0 Å². The van der Waals surface area contributed by atoms with Crippen LogP contribution in [-0.4, -0.2) is 16.3 Å². The van der Waals surface area contributed by atoms with Crippen LogP contribution in [0.25, 0.3) is 21.5 Å². The summed E-state index contributed by atoms with van der Waals surface area (Å²) in [6, 6.07) is 39.5. The van der Waals surface area contributed by atoms with Gasteiger partial charge in [-0.15, -0.1) is 59.3 Å². The van der Waals surface area contributed by atoms with E-state index in [0.717, 1.165) is 0 Å². The first-order valence-corrected chi connectivity index (χ1v) is 8.92. The van der Waals surface area contributed by atoms with Crippen LogP contribution in [0.2, 0.25) is 0 Å². The minimum Gasteiger partial charge on any atom is -1.00 e. The maximum Gasteiger partial charge on any atom is 4.00 e.